The fraction of sp³-hybridized carbons (Fsp3) is 0.500. The standard InChI is InChI=1S/C12H15ClN2O3/c1-17-9-3-4-15(7-9)12(16)8-5-10(13)14-11(6-8)18-2/h5-6,9H,3-4,7H2,1-2H3/t9-/m1/s1. The van der Waals surface area contributed by atoms with Crippen LogP contribution in [0.25, 0.3) is 0 Å². The lowest BCUT2D eigenvalue weighted by molar-refractivity contribution is 0.0723. The Morgan fingerprint density at radius 3 is 2.89 bits per heavy atom. The maximum Gasteiger partial charge on any atom is 0.254 e. The van der Waals surface area contributed by atoms with E-state index in [1.807, 2.05) is 0 Å². The van der Waals surface area contributed by atoms with E-state index in [9.17, 15) is 4.79 Å². The lowest BCUT2D eigenvalue weighted by Crippen LogP contribution is -2.30. The quantitative estimate of drug-likeness (QED) is 0.783. The molecule has 98 valence electrons. The lowest BCUT2D eigenvalue weighted by Gasteiger charge is -2.16. The number of hydrogen-bond donors (Lipinski definition) is 0. The molecule has 18 heavy (non-hydrogen) atoms. The minimum atomic E-state index is -0.0721. The number of pyridine rings is 1. The van der Waals surface area contributed by atoms with Crippen LogP contribution in [0, 0.1) is 0 Å². The Balaban J connectivity index is 2.16. The van der Waals surface area contributed by atoms with Gasteiger partial charge in [-0.05, 0) is 12.5 Å². The molecular formula is C12H15ClN2O3. The highest BCUT2D eigenvalue weighted by Crippen LogP contribution is 2.20. The Bertz CT molecular complexity index is 453. The molecule has 1 saturated heterocycles. The van der Waals surface area contributed by atoms with Crippen molar-refractivity contribution in [3.63, 3.8) is 0 Å². The second-order valence-electron chi connectivity index (χ2n) is 4.12. The highest BCUT2D eigenvalue weighted by molar-refractivity contribution is 6.29. The van der Waals surface area contributed by atoms with Crippen LogP contribution in [0.4, 0.5) is 0 Å². The van der Waals surface area contributed by atoms with E-state index in [1.165, 1.54) is 7.11 Å². The SMILES string of the molecule is COc1cc(C(=O)N2CC[C@@H](OC)C2)cc(Cl)n1. The average molecular weight is 271 g/mol. The lowest BCUT2D eigenvalue weighted by atomic mass is 10.2. The summed E-state index contributed by atoms with van der Waals surface area (Å²) in [5.41, 5.74) is 0.489. The molecule has 0 unspecified atom stereocenters. The Morgan fingerprint density at radius 2 is 2.28 bits per heavy atom. The van der Waals surface area contributed by atoms with Crippen LogP contribution in [0.3, 0.4) is 0 Å². The first-order valence-corrected chi connectivity index (χ1v) is 6.05. The molecule has 1 atom stereocenters. The van der Waals surface area contributed by atoms with Gasteiger partial charge in [-0.15, -0.1) is 0 Å². The summed E-state index contributed by atoms with van der Waals surface area (Å²) in [6, 6.07) is 3.14. The van der Waals surface area contributed by atoms with E-state index in [0.29, 0.717) is 24.5 Å². The van der Waals surface area contributed by atoms with Crippen LogP contribution in [0.1, 0.15) is 16.8 Å². The topological polar surface area (TPSA) is 51.7 Å². The van der Waals surface area contributed by atoms with Gasteiger partial charge in [0, 0.05) is 31.8 Å². The van der Waals surface area contributed by atoms with Crippen LogP contribution in [-0.4, -0.2) is 49.2 Å². The molecule has 5 nitrogen and oxygen atoms in total. The molecule has 0 N–H and O–H groups in total. The maximum absolute atomic E-state index is 12.3. The van der Waals surface area contributed by atoms with Crippen LogP contribution in [0.2, 0.25) is 5.15 Å². The number of halogens is 1. The molecule has 2 heterocycles. The molecule has 0 aromatic carbocycles. The summed E-state index contributed by atoms with van der Waals surface area (Å²) >= 11 is 5.85. The summed E-state index contributed by atoms with van der Waals surface area (Å²) in [5.74, 6) is 0.269. The molecule has 6 heteroatoms. The van der Waals surface area contributed by atoms with Gasteiger partial charge in [-0.25, -0.2) is 4.98 Å². The van der Waals surface area contributed by atoms with Gasteiger partial charge >= 0.3 is 0 Å². The molecule has 1 fully saturated rings. The second kappa shape index (κ2) is 5.54. The van der Waals surface area contributed by atoms with Crippen molar-refractivity contribution in [1.29, 1.82) is 0 Å². The number of aromatic nitrogens is 1. The van der Waals surface area contributed by atoms with Crippen LogP contribution in [0.5, 0.6) is 5.88 Å². The number of ether oxygens (including phenoxy) is 2. The molecule has 1 amide bonds. The molecule has 2 rings (SSSR count). The monoisotopic (exact) mass is 270 g/mol. The zero-order chi connectivity index (χ0) is 13.1. The van der Waals surface area contributed by atoms with E-state index in [1.54, 1.807) is 24.1 Å². The number of carbonyl (C=O) groups is 1. The van der Waals surface area contributed by atoms with Crippen LogP contribution < -0.4 is 4.74 Å². The summed E-state index contributed by atoms with van der Waals surface area (Å²) in [5, 5.41) is 0.250. The van der Waals surface area contributed by atoms with Gasteiger partial charge < -0.3 is 14.4 Å². The van der Waals surface area contributed by atoms with Crippen LogP contribution in [-0.2, 0) is 4.74 Å². The number of carbonyl (C=O) groups excluding carboxylic acids is 1. The normalized spacial score (nSPS) is 19.1. The van der Waals surface area contributed by atoms with Crippen molar-refractivity contribution in [2.24, 2.45) is 0 Å². The average Bonchev–Trinajstić information content (AvgIpc) is 2.85. The Hall–Kier alpha value is -1.33. The number of hydrogen-bond acceptors (Lipinski definition) is 4. The summed E-state index contributed by atoms with van der Waals surface area (Å²) in [7, 11) is 3.15. The van der Waals surface area contributed by atoms with Crippen LogP contribution in [0.15, 0.2) is 12.1 Å². The number of methoxy groups -OCH3 is 2. The molecule has 1 aromatic rings. The smallest absolute Gasteiger partial charge is 0.254 e. The largest absolute Gasteiger partial charge is 0.481 e. The third kappa shape index (κ3) is 2.73. The first kappa shape index (κ1) is 13.1. The molecule has 1 aliphatic rings. The van der Waals surface area contributed by atoms with Gasteiger partial charge in [0.1, 0.15) is 5.15 Å². The number of likely N-dealkylation sites (tertiary alicyclic amines) is 1. The minimum absolute atomic E-state index is 0.0721. The third-order valence-electron chi connectivity index (χ3n) is 2.99. The third-order valence-corrected chi connectivity index (χ3v) is 3.19. The zero-order valence-corrected chi connectivity index (χ0v) is 11.1. The van der Waals surface area contributed by atoms with E-state index < -0.39 is 0 Å². The van der Waals surface area contributed by atoms with E-state index in [-0.39, 0.29) is 17.2 Å². The molecule has 0 aliphatic carbocycles. The fourth-order valence-corrected chi connectivity index (χ4v) is 2.19. The van der Waals surface area contributed by atoms with Gasteiger partial charge in [-0.3, -0.25) is 4.79 Å². The highest BCUT2D eigenvalue weighted by Gasteiger charge is 2.27. The van der Waals surface area contributed by atoms with Gasteiger partial charge in [0.25, 0.3) is 5.91 Å². The number of amides is 1. The predicted molar refractivity (Wildman–Crippen MR) is 67.1 cm³/mol. The Kier molecular flexibility index (Phi) is 4.04. The fourth-order valence-electron chi connectivity index (χ4n) is 1.99. The molecule has 0 saturated carbocycles. The predicted octanol–water partition coefficient (Wildman–Crippen LogP) is 1.60. The maximum atomic E-state index is 12.3. The van der Waals surface area contributed by atoms with Gasteiger partial charge in [-0.1, -0.05) is 11.6 Å². The molecular weight excluding hydrogens is 256 g/mol. The zero-order valence-electron chi connectivity index (χ0n) is 10.4. The van der Waals surface area contributed by atoms with Crippen LogP contribution >= 0.6 is 11.6 Å². The van der Waals surface area contributed by atoms with E-state index in [0.717, 1.165) is 6.42 Å². The van der Waals surface area contributed by atoms with Crippen molar-refractivity contribution in [3.05, 3.63) is 22.8 Å². The first-order valence-electron chi connectivity index (χ1n) is 5.67. The summed E-state index contributed by atoms with van der Waals surface area (Å²) < 4.78 is 10.2. The van der Waals surface area contributed by atoms with E-state index in [4.69, 9.17) is 21.1 Å². The summed E-state index contributed by atoms with van der Waals surface area (Å²) in [4.78, 5) is 17.9. The van der Waals surface area contributed by atoms with Gasteiger partial charge in [0.2, 0.25) is 5.88 Å². The van der Waals surface area contributed by atoms with Crippen molar-refractivity contribution in [1.82, 2.24) is 9.88 Å². The number of nitrogens with zero attached hydrogens (tertiary/aromatic N) is 2. The minimum Gasteiger partial charge on any atom is -0.481 e. The van der Waals surface area contributed by atoms with Gasteiger partial charge in [0.15, 0.2) is 0 Å². The first-order chi connectivity index (χ1) is 8.63. The molecule has 0 bridgehead atoms. The molecule has 0 spiro atoms. The van der Waals surface area contributed by atoms with Crippen molar-refractivity contribution in [2.45, 2.75) is 12.5 Å². The molecule has 1 aromatic heterocycles. The van der Waals surface area contributed by atoms with E-state index >= 15 is 0 Å². The summed E-state index contributed by atoms with van der Waals surface area (Å²) in [6.45, 7) is 1.30. The van der Waals surface area contributed by atoms with Gasteiger partial charge in [0.05, 0.1) is 13.2 Å². The van der Waals surface area contributed by atoms with Crippen molar-refractivity contribution in [2.75, 3.05) is 27.3 Å². The van der Waals surface area contributed by atoms with Crippen molar-refractivity contribution < 1.29 is 14.3 Å². The second-order valence-corrected chi connectivity index (χ2v) is 4.51. The van der Waals surface area contributed by atoms with Crippen molar-refractivity contribution in [3.8, 4) is 5.88 Å². The Labute approximate surface area is 111 Å². The highest BCUT2D eigenvalue weighted by atomic mass is 35.5. The van der Waals surface area contributed by atoms with Crippen molar-refractivity contribution >= 4 is 17.5 Å². The van der Waals surface area contributed by atoms with E-state index in [2.05, 4.69) is 4.98 Å². The Morgan fingerprint density at radius 1 is 1.50 bits per heavy atom. The molecule has 0 radical (unpaired) electrons. The number of rotatable bonds is 3. The van der Waals surface area contributed by atoms with Gasteiger partial charge in [-0.2, -0.15) is 0 Å². The summed E-state index contributed by atoms with van der Waals surface area (Å²) in [6.07, 6.45) is 0.978. The molecule has 1 aliphatic heterocycles.